The van der Waals surface area contributed by atoms with Crippen molar-refractivity contribution in [2.24, 2.45) is 0 Å². The van der Waals surface area contributed by atoms with Gasteiger partial charge in [0.2, 0.25) is 0 Å². The molecule has 3 aromatic rings. The van der Waals surface area contributed by atoms with Gasteiger partial charge in [0.25, 0.3) is 17.2 Å². The third-order valence-electron chi connectivity index (χ3n) is 3.37. The van der Waals surface area contributed by atoms with Crippen LogP contribution in [0.5, 0.6) is 0 Å². The molecule has 5 nitrogen and oxygen atoms in total. The van der Waals surface area contributed by atoms with E-state index in [2.05, 4.69) is 10.4 Å². The van der Waals surface area contributed by atoms with Crippen molar-refractivity contribution in [3.63, 3.8) is 0 Å². The monoisotopic (exact) mass is 373 g/mol. The number of amides is 1. The molecule has 0 saturated carbocycles. The van der Waals surface area contributed by atoms with E-state index in [9.17, 15) is 18.4 Å². The van der Waals surface area contributed by atoms with Gasteiger partial charge in [-0.05, 0) is 42.5 Å². The molecule has 0 atom stereocenters. The number of halogens is 2. The van der Waals surface area contributed by atoms with Gasteiger partial charge < -0.3 is 5.32 Å². The van der Waals surface area contributed by atoms with Crippen LogP contribution in [0.4, 0.5) is 14.5 Å². The first-order valence-electron chi connectivity index (χ1n) is 7.55. The molecular weight excluding hydrogens is 360 g/mol. The van der Waals surface area contributed by atoms with Gasteiger partial charge in [0.15, 0.2) is 0 Å². The van der Waals surface area contributed by atoms with Crippen molar-refractivity contribution in [1.29, 1.82) is 0 Å². The van der Waals surface area contributed by atoms with Gasteiger partial charge in [-0.2, -0.15) is 18.6 Å². The topological polar surface area (TPSA) is 64.0 Å². The summed E-state index contributed by atoms with van der Waals surface area (Å²) in [6, 6.07) is 17.4. The maximum absolute atomic E-state index is 12.4. The SMILES string of the molecule is O=C(Nc1ccc(SC(F)F)cc1)c1ccc(=O)n(-c2ccccc2)n1. The lowest BCUT2D eigenvalue weighted by molar-refractivity contribution is 0.102. The molecule has 2 aromatic carbocycles. The Balaban J connectivity index is 1.79. The molecule has 3 rings (SSSR count). The second-order valence-electron chi connectivity index (χ2n) is 5.16. The summed E-state index contributed by atoms with van der Waals surface area (Å²) < 4.78 is 25.8. The number of nitrogens with zero attached hydrogens (tertiary/aromatic N) is 2. The third kappa shape index (κ3) is 4.34. The fraction of sp³-hybridized carbons (Fsp3) is 0.0556. The standard InChI is InChI=1S/C18H13F2N3O2S/c19-18(20)26-14-8-6-12(7-9-14)21-17(25)15-10-11-16(24)23(22-15)13-4-2-1-3-5-13/h1-11,18H,(H,21,25). The van der Waals surface area contributed by atoms with Crippen LogP contribution in [-0.4, -0.2) is 21.4 Å². The predicted octanol–water partition coefficient (Wildman–Crippen LogP) is 3.80. The highest BCUT2D eigenvalue weighted by molar-refractivity contribution is 7.99. The molecule has 0 bridgehead atoms. The average molecular weight is 373 g/mol. The maximum atomic E-state index is 12.4. The number of hydrogen-bond donors (Lipinski definition) is 1. The van der Waals surface area contributed by atoms with E-state index in [1.807, 2.05) is 0 Å². The smallest absolute Gasteiger partial charge is 0.288 e. The van der Waals surface area contributed by atoms with Crippen molar-refractivity contribution in [2.45, 2.75) is 10.7 Å². The van der Waals surface area contributed by atoms with Crippen LogP contribution in [-0.2, 0) is 0 Å². The molecule has 1 heterocycles. The van der Waals surface area contributed by atoms with E-state index >= 15 is 0 Å². The zero-order valence-corrected chi connectivity index (χ0v) is 14.1. The first-order chi connectivity index (χ1) is 12.5. The zero-order valence-electron chi connectivity index (χ0n) is 13.3. The lowest BCUT2D eigenvalue weighted by Crippen LogP contribution is -2.24. The Morgan fingerprint density at radius 2 is 1.69 bits per heavy atom. The van der Waals surface area contributed by atoms with Crippen LogP contribution in [0.15, 0.2) is 76.4 Å². The quantitative estimate of drug-likeness (QED) is 0.691. The molecule has 0 unspecified atom stereocenters. The van der Waals surface area contributed by atoms with Crippen LogP contribution in [0, 0.1) is 0 Å². The van der Waals surface area contributed by atoms with Gasteiger partial charge in [0.05, 0.1) is 5.69 Å². The molecule has 1 N–H and O–H groups in total. The Morgan fingerprint density at radius 3 is 2.35 bits per heavy atom. The fourth-order valence-electron chi connectivity index (χ4n) is 2.20. The second-order valence-corrected chi connectivity index (χ2v) is 6.22. The van der Waals surface area contributed by atoms with E-state index in [4.69, 9.17) is 0 Å². The summed E-state index contributed by atoms with van der Waals surface area (Å²) in [5.41, 5.74) is 0.675. The number of aromatic nitrogens is 2. The highest BCUT2D eigenvalue weighted by Gasteiger charge is 2.11. The molecule has 0 aliphatic heterocycles. The number of hydrogen-bond acceptors (Lipinski definition) is 4. The minimum atomic E-state index is -2.50. The number of carbonyl (C=O) groups is 1. The summed E-state index contributed by atoms with van der Waals surface area (Å²) >= 11 is 0.427. The van der Waals surface area contributed by atoms with Crippen LogP contribution in [0.2, 0.25) is 0 Å². The van der Waals surface area contributed by atoms with Gasteiger partial charge in [0, 0.05) is 16.6 Å². The summed E-state index contributed by atoms with van der Waals surface area (Å²) in [5, 5.41) is 6.71. The highest BCUT2D eigenvalue weighted by Crippen LogP contribution is 2.26. The molecule has 1 amide bonds. The summed E-state index contributed by atoms with van der Waals surface area (Å²) in [5.74, 6) is -3.01. The first-order valence-corrected chi connectivity index (χ1v) is 8.43. The number of alkyl halides is 2. The van der Waals surface area contributed by atoms with Crippen molar-refractivity contribution in [2.75, 3.05) is 5.32 Å². The van der Waals surface area contributed by atoms with Gasteiger partial charge >= 0.3 is 0 Å². The predicted molar refractivity (Wildman–Crippen MR) is 96.1 cm³/mol. The average Bonchev–Trinajstić information content (AvgIpc) is 2.64. The van der Waals surface area contributed by atoms with Crippen molar-refractivity contribution in [3.05, 3.63) is 82.8 Å². The van der Waals surface area contributed by atoms with E-state index in [0.29, 0.717) is 28.0 Å². The molecule has 0 aliphatic carbocycles. The zero-order chi connectivity index (χ0) is 18.5. The third-order valence-corrected chi connectivity index (χ3v) is 4.09. The Kier molecular flexibility index (Phi) is 5.43. The lowest BCUT2D eigenvalue weighted by atomic mass is 10.3. The minimum absolute atomic E-state index is 0.0551. The summed E-state index contributed by atoms with van der Waals surface area (Å²) in [7, 11) is 0. The van der Waals surface area contributed by atoms with Crippen LogP contribution < -0.4 is 10.9 Å². The highest BCUT2D eigenvalue weighted by atomic mass is 32.2. The van der Waals surface area contributed by atoms with E-state index in [0.717, 1.165) is 4.68 Å². The minimum Gasteiger partial charge on any atom is -0.321 e. The van der Waals surface area contributed by atoms with E-state index in [1.165, 1.54) is 36.4 Å². The van der Waals surface area contributed by atoms with Gasteiger partial charge in [-0.15, -0.1) is 0 Å². The van der Waals surface area contributed by atoms with Crippen molar-refractivity contribution in [3.8, 4) is 5.69 Å². The first kappa shape index (κ1) is 17.8. The molecular formula is C18H13F2N3O2S. The number of rotatable bonds is 5. The molecule has 0 saturated heterocycles. The van der Waals surface area contributed by atoms with Crippen LogP contribution in [0.1, 0.15) is 10.5 Å². The van der Waals surface area contributed by atoms with Crippen LogP contribution >= 0.6 is 11.8 Å². The number of thioether (sulfide) groups is 1. The molecule has 0 radical (unpaired) electrons. The molecule has 0 fully saturated rings. The molecule has 26 heavy (non-hydrogen) atoms. The maximum Gasteiger partial charge on any atom is 0.288 e. The van der Waals surface area contributed by atoms with Gasteiger partial charge in [-0.25, -0.2) is 0 Å². The molecule has 0 aliphatic rings. The molecule has 0 spiro atoms. The van der Waals surface area contributed by atoms with Crippen molar-refractivity contribution < 1.29 is 13.6 Å². The van der Waals surface area contributed by atoms with Crippen LogP contribution in [0.3, 0.4) is 0 Å². The normalized spacial score (nSPS) is 10.7. The summed E-state index contributed by atoms with van der Waals surface area (Å²) in [6.45, 7) is 0. The number of para-hydroxylation sites is 1. The number of anilines is 1. The van der Waals surface area contributed by atoms with Gasteiger partial charge in [-0.1, -0.05) is 30.0 Å². The van der Waals surface area contributed by atoms with Crippen LogP contribution in [0.25, 0.3) is 5.69 Å². The molecule has 132 valence electrons. The van der Waals surface area contributed by atoms with Gasteiger partial charge in [0.1, 0.15) is 5.69 Å². The van der Waals surface area contributed by atoms with E-state index in [1.54, 1.807) is 30.3 Å². The van der Waals surface area contributed by atoms with E-state index in [-0.39, 0.29) is 11.3 Å². The lowest BCUT2D eigenvalue weighted by Gasteiger charge is -2.08. The Bertz CT molecular complexity index is 960. The Hall–Kier alpha value is -3.00. The molecule has 8 heteroatoms. The Morgan fingerprint density at radius 1 is 1.00 bits per heavy atom. The fourth-order valence-corrected chi connectivity index (χ4v) is 2.70. The van der Waals surface area contributed by atoms with Crippen molar-refractivity contribution >= 4 is 23.4 Å². The van der Waals surface area contributed by atoms with E-state index < -0.39 is 11.7 Å². The number of benzene rings is 2. The Labute approximate surface area is 151 Å². The largest absolute Gasteiger partial charge is 0.321 e. The van der Waals surface area contributed by atoms with Gasteiger partial charge in [-0.3, -0.25) is 9.59 Å². The number of carbonyl (C=O) groups excluding carboxylic acids is 1. The molecule has 1 aromatic heterocycles. The summed E-state index contributed by atoms with van der Waals surface area (Å²) in [4.78, 5) is 24.7. The second kappa shape index (κ2) is 7.92. The number of nitrogens with one attached hydrogen (secondary N) is 1. The van der Waals surface area contributed by atoms with Crippen molar-refractivity contribution in [1.82, 2.24) is 9.78 Å². The summed E-state index contributed by atoms with van der Waals surface area (Å²) in [6.07, 6.45) is 0.